The number of methoxy groups -OCH3 is 1. The van der Waals surface area contributed by atoms with Gasteiger partial charge in [0.1, 0.15) is 12.8 Å². The first-order valence-corrected chi connectivity index (χ1v) is 6.53. The number of esters is 1. The zero-order valence-electron chi connectivity index (χ0n) is 11.4. The third kappa shape index (κ3) is 3.23. The fourth-order valence-electron chi connectivity index (χ4n) is 2.40. The van der Waals surface area contributed by atoms with Gasteiger partial charge in [-0.3, -0.25) is 14.4 Å². The van der Waals surface area contributed by atoms with Crippen molar-refractivity contribution < 1.29 is 19.1 Å². The van der Waals surface area contributed by atoms with Gasteiger partial charge in [-0.05, 0) is 17.9 Å². The highest BCUT2D eigenvalue weighted by atomic mass is 16.5. The SMILES string of the molecule is COC(=O)CN1CCC(c2ccc(C=O)cc2)CC1=O. The Bertz CT molecular complexity index is 509. The summed E-state index contributed by atoms with van der Waals surface area (Å²) in [5, 5.41) is 0. The number of amides is 1. The molecule has 1 atom stereocenters. The maximum atomic E-state index is 12.0. The Morgan fingerprint density at radius 1 is 1.40 bits per heavy atom. The van der Waals surface area contributed by atoms with Crippen molar-refractivity contribution in [3.05, 3.63) is 35.4 Å². The Balaban J connectivity index is 1.99. The molecule has 1 fully saturated rings. The van der Waals surface area contributed by atoms with Gasteiger partial charge in [0.05, 0.1) is 7.11 Å². The molecule has 1 aliphatic rings. The van der Waals surface area contributed by atoms with E-state index in [1.165, 1.54) is 12.0 Å². The van der Waals surface area contributed by atoms with Crippen molar-refractivity contribution in [1.82, 2.24) is 4.90 Å². The highest BCUT2D eigenvalue weighted by Crippen LogP contribution is 2.28. The molecule has 1 aromatic rings. The van der Waals surface area contributed by atoms with Gasteiger partial charge in [0.25, 0.3) is 0 Å². The summed E-state index contributed by atoms with van der Waals surface area (Å²) in [4.78, 5) is 35.4. The summed E-state index contributed by atoms with van der Waals surface area (Å²) < 4.78 is 4.57. The molecule has 1 unspecified atom stereocenters. The van der Waals surface area contributed by atoms with Crippen LogP contribution in [0.1, 0.15) is 34.7 Å². The van der Waals surface area contributed by atoms with Gasteiger partial charge >= 0.3 is 5.97 Å². The van der Waals surface area contributed by atoms with Gasteiger partial charge in [0.2, 0.25) is 5.91 Å². The number of hydrogen-bond donors (Lipinski definition) is 0. The summed E-state index contributed by atoms with van der Waals surface area (Å²) in [5.41, 5.74) is 1.69. The van der Waals surface area contributed by atoms with Crippen LogP contribution in [0.5, 0.6) is 0 Å². The van der Waals surface area contributed by atoms with Crippen LogP contribution in [0.15, 0.2) is 24.3 Å². The lowest BCUT2D eigenvalue weighted by Crippen LogP contribution is -2.41. The molecule has 1 aliphatic heterocycles. The van der Waals surface area contributed by atoms with Crippen molar-refractivity contribution in [2.75, 3.05) is 20.2 Å². The first-order valence-electron chi connectivity index (χ1n) is 6.53. The molecule has 1 saturated heterocycles. The topological polar surface area (TPSA) is 63.7 Å². The number of likely N-dealkylation sites (tertiary alicyclic amines) is 1. The molecule has 0 bridgehead atoms. The highest BCUT2D eigenvalue weighted by Gasteiger charge is 2.28. The third-order valence-corrected chi connectivity index (χ3v) is 3.61. The number of piperidine rings is 1. The number of hydrogen-bond acceptors (Lipinski definition) is 4. The predicted molar refractivity (Wildman–Crippen MR) is 72.4 cm³/mol. The van der Waals surface area contributed by atoms with E-state index in [0.29, 0.717) is 18.5 Å². The molecular weight excluding hydrogens is 258 g/mol. The molecule has 1 aromatic carbocycles. The normalized spacial score (nSPS) is 18.8. The predicted octanol–water partition coefficient (Wildman–Crippen LogP) is 1.38. The minimum absolute atomic E-state index is 0.0200. The lowest BCUT2D eigenvalue weighted by Gasteiger charge is -2.31. The van der Waals surface area contributed by atoms with Crippen molar-refractivity contribution >= 4 is 18.2 Å². The number of nitrogens with zero attached hydrogens (tertiary/aromatic N) is 1. The van der Waals surface area contributed by atoms with Crippen LogP contribution in [0.4, 0.5) is 0 Å². The summed E-state index contributed by atoms with van der Waals surface area (Å²) >= 11 is 0. The molecule has 2 rings (SSSR count). The van der Waals surface area contributed by atoms with E-state index in [0.717, 1.165) is 18.3 Å². The van der Waals surface area contributed by atoms with Gasteiger partial charge < -0.3 is 9.64 Å². The van der Waals surface area contributed by atoms with Crippen molar-refractivity contribution in [2.45, 2.75) is 18.8 Å². The average Bonchev–Trinajstić information content (AvgIpc) is 2.49. The van der Waals surface area contributed by atoms with Crippen LogP contribution in [0.2, 0.25) is 0 Å². The first-order chi connectivity index (χ1) is 9.63. The molecule has 1 heterocycles. The first kappa shape index (κ1) is 14.2. The van der Waals surface area contributed by atoms with Gasteiger partial charge in [-0.15, -0.1) is 0 Å². The number of benzene rings is 1. The Morgan fingerprint density at radius 2 is 2.10 bits per heavy atom. The van der Waals surface area contributed by atoms with E-state index in [2.05, 4.69) is 4.74 Å². The van der Waals surface area contributed by atoms with E-state index in [9.17, 15) is 14.4 Å². The number of aldehydes is 1. The third-order valence-electron chi connectivity index (χ3n) is 3.61. The van der Waals surface area contributed by atoms with Crippen LogP contribution < -0.4 is 0 Å². The van der Waals surface area contributed by atoms with E-state index < -0.39 is 5.97 Å². The fraction of sp³-hybridized carbons (Fsp3) is 0.400. The van der Waals surface area contributed by atoms with Crippen LogP contribution in [0.25, 0.3) is 0 Å². The maximum Gasteiger partial charge on any atom is 0.325 e. The Hall–Kier alpha value is -2.17. The molecular formula is C15H17NO4. The quantitative estimate of drug-likeness (QED) is 0.615. The van der Waals surface area contributed by atoms with E-state index >= 15 is 0 Å². The van der Waals surface area contributed by atoms with Gasteiger partial charge in [-0.25, -0.2) is 0 Å². The van der Waals surface area contributed by atoms with Crippen molar-refractivity contribution in [3.63, 3.8) is 0 Å². The molecule has 0 N–H and O–H groups in total. The van der Waals surface area contributed by atoms with Crippen molar-refractivity contribution in [1.29, 1.82) is 0 Å². The minimum atomic E-state index is -0.396. The van der Waals surface area contributed by atoms with Gasteiger partial charge in [0.15, 0.2) is 0 Å². The van der Waals surface area contributed by atoms with Crippen LogP contribution in [-0.4, -0.2) is 43.3 Å². The molecule has 0 saturated carbocycles. The van der Waals surface area contributed by atoms with Crippen molar-refractivity contribution in [2.24, 2.45) is 0 Å². The summed E-state index contributed by atoms with van der Waals surface area (Å²) in [7, 11) is 1.31. The van der Waals surface area contributed by atoms with Crippen molar-refractivity contribution in [3.8, 4) is 0 Å². The van der Waals surface area contributed by atoms with E-state index in [1.807, 2.05) is 12.1 Å². The van der Waals surface area contributed by atoms with Crippen LogP contribution >= 0.6 is 0 Å². The molecule has 1 amide bonds. The van der Waals surface area contributed by atoms with Crippen LogP contribution in [0.3, 0.4) is 0 Å². The number of rotatable bonds is 4. The molecule has 0 spiro atoms. The molecule has 5 heteroatoms. The molecule has 106 valence electrons. The van der Waals surface area contributed by atoms with Gasteiger partial charge in [0, 0.05) is 18.5 Å². The maximum absolute atomic E-state index is 12.0. The minimum Gasteiger partial charge on any atom is -0.468 e. The summed E-state index contributed by atoms with van der Waals surface area (Å²) in [6.07, 6.45) is 1.99. The lowest BCUT2D eigenvalue weighted by molar-refractivity contribution is -0.148. The number of carbonyl (C=O) groups is 3. The fourth-order valence-corrected chi connectivity index (χ4v) is 2.40. The van der Waals surface area contributed by atoms with Gasteiger partial charge in [-0.2, -0.15) is 0 Å². The second-order valence-electron chi connectivity index (χ2n) is 4.87. The van der Waals surface area contributed by atoms with Crippen LogP contribution in [0, 0.1) is 0 Å². The standard InChI is InChI=1S/C15H17NO4/c1-20-15(19)9-16-7-6-13(8-14(16)18)12-4-2-11(10-17)3-5-12/h2-5,10,13H,6-9H2,1H3. The monoisotopic (exact) mass is 275 g/mol. The number of carbonyl (C=O) groups excluding carboxylic acids is 3. The molecule has 0 radical (unpaired) electrons. The van der Waals surface area contributed by atoms with Crippen LogP contribution in [-0.2, 0) is 14.3 Å². The zero-order valence-corrected chi connectivity index (χ0v) is 11.4. The van der Waals surface area contributed by atoms with Gasteiger partial charge in [-0.1, -0.05) is 24.3 Å². The Kier molecular flexibility index (Phi) is 4.50. The summed E-state index contributed by atoms with van der Waals surface area (Å²) in [5.74, 6) is -0.282. The summed E-state index contributed by atoms with van der Waals surface area (Å²) in [6, 6.07) is 7.29. The largest absolute Gasteiger partial charge is 0.468 e. The number of ether oxygens (including phenoxy) is 1. The molecule has 20 heavy (non-hydrogen) atoms. The highest BCUT2D eigenvalue weighted by molar-refractivity contribution is 5.83. The van der Waals surface area contributed by atoms with E-state index in [4.69, 9.17) is 0 Å². The Morgan fingerprint density at radius 3 is 2.65 bits per heavy atom. The Labute approximate surface area is 117 Å². The average molecular weight is 275 g/mol. The summed E-state index contributed by atoms with van der Waals surface area (Å²) in [6.45, 7) is 0.570. The molecule has 0 aromatic heterocycles. The second-order valence-corrected chi connectivity index (χ2v) is 4.87. The second kappa shape index (κ2) is 6.32. The lowest BCUT2D eigenvalue weighted by atomic mass is 9.88. The van der Waals surface area contributed by atoms with E-state index in [1.54, 1.807) is 12.1 Å². The smallest absolute Gasteiger partial charge is 0.325 e. The molecule has 5 nitrogen and oxygen atoms in total. The van der Waals surface area contributed by atoms with E-state index in [-0.39, 0.29) is 18.4 Å². The zero-order chi connectivity index (χ0) is 14.5. The molecule has 0 aliphatic carbocycles.